The van der Waals surface area contributed by atoms with Crippen LogP contribution in [0.4, 0.5) is 0 Å². The first kappa shape index (κ1) is 12.0. The Labute approximate surface area is 102 Å². The fraction of sp³-hybridized carbons (Fsp3) is 0.538. The van der Waals surface area contributed by atoms with Crippen molar-refractivity contribution < 1.29 is 4.79 Å². The lowest BCUT2D eigenvalue weighted by atomic mass is 10.0. The van der Waals surface area contributed by atoms with Gasteiger partial charge in [-0.1, -0.05) is 6.07 Å². The number of carbonyl (C=O) groups is 1. The summed E-state index contributed by atoms with van der Waals surface area (Å²) < 4.78 is 0. The molecule has 4 heteroatoms. The third-order valence-corrected chi connectivity index (χ3v) is 3.46. The summed E-state index contributed by atoms with van der Waals surface area (Å²) in [7, 11) is 1.85. The summed E-state index contributed by atoms with van der Waals surface area (Å²) in [5.41, 5.74) is 1.10. The topological polar surface area (TPSA) is 45.2 Å². The van der Waals surface area contributed by atoms with E-state index in [4.69, 9.17) is 0 Å². The number of rotatable bonds is 3. The van der Waals surface area contributed by atoms with Gasteiger partial charge in [-0.3, -0.25) is 9.78 Å². The Morgan fingerprint density at radius 1 is 1.59 bits per heavy atom. The van der Waals surface area contributed by atoms with Crippen molar-refractivity contribution in [1.29, 1.82) is 0 Å². The fourth-order valence-corrected chi connectivity index (χ4v) is 2.35. The van der Waals surface area contributed by atoms with Crippen LogP contribution in [0.2, 0.25) is 0 Å². The first-order chi connectivity index (χ1) is 8.24. The van der Waals surface area contributed by atoms with E-state index in [9.17, 15) is 4.79 Å². The van der Waals surface area contributed by atoms with E-state index in [0.717, 1.165) is 24.9 Å². The molecule has 1 aromatic heterocycles. The summed E-state index contributed by atoms with van der Waals surface area (Å²) in [6.45, 7) is 2.90. The second-order valence-electron chi connectivity index (χ2n) is 4.48. The first-order valence-electron chi connectivity index (χ1n) is 6.11. The van der Waals surface area contributed by atoms with Crippen molar-refractivity contribution in [3.8, 4) is 0 Å². The van der Waals surface area contributed by atoms with Crippen LogP contribution < -0.4 is 5.32 Å². The van der Waals surface area contributed by atoms with Crippen LogP contribution in [0.5, 0.6) is 0 Å². The average molecular weight is 233 g/mol. The summed E-state index contributed by atoms with van der Waals surface area (Å²) in [5, 5.41) is 3.08. The van der Waals surface area contributed by atoms with Crippen LogP contribution in [-0.2, 0) is 4.79 Å². The largest absolute Gasteiger partial charge is 0.335 e. The maximum atomic E-state index is 12.2. The Kier molecular flexibility index (Phi) is 3.74. The van der Waals surface area contributed by atoms with Crippen molar-refractivity contribution in [2.75, 3.05) is 13.6 Å². The van der Waals surface area contributed by atoms with E-state index in [0.29, 0.717) is 0 Å². The molecule has 92 valence electrons. The Hall–Kier alpha value is -1.42. The Morgan fingerprint density at radius 3 is 3.06 bits per heavy atom. The molecule has 2 unspecified atom stereocenters. The number of hydrogen-bond donors (Lipinski definition) is 1. The number of likely N-dealkylation sites (N-methyl/N-ethyl adjacent to an activating group) is 1. The number of carbonyl (C=O) groups excluding carboxylic acids is 1. The average Bonchev–Trinajstić information content (AvgIpc) is 2.39. The zero-order valence-corrected chi connectivity index (χ0v) is 10.4. The van der Waals surface area contributed by atoms with E-state index < -0.39 is 0 Å². The molecule has 1 aliphatic rings. The van der Waals surface area contributed by atoms with Gasteiger partial charge in [-0.05, 0) is 38.4 Å². The van der Waals surface area contributed by atoms with Crippen molar-refractivity contribution in [3.05, 3.63) is 30.1 Å². The predicted octanol–water partition coefficient (Wildman–Crippen LogP) is 1.35. The van der Waals surface area contributed by atoms with Crippen LogP contribution in [0.25, 0.3) is 0 Å². The zero-order chi connectivity index (χ0) is 12.3. The van der Waals surface area contributed by atoms with Gasteiger partial charge >= 0.3 is 0 Å². The summed E-state index contributed by atoms with van der Waals surface area (Å²) >= 11 is 0. The number of nitrogens with zero attached hydrogens (tertiary/aromatic N) is 2. The number of amides is 1. The van der Waals surface area contributed by atoms with Crippen molar-refractivity contribution in [2.45, 2.75) is 31.8 Å². The van der Waals surface area contributed by atoms with Crippen molar-refractivity contribution in [2.24, 2.45) is 0 Å². The highest BCUT2D eigenvalue weighted by atomic mass is 16.2. The molecule has 4 nitrogen and oxygen atoms in total. The van der Waals surface area contributed by atoms with E-state index in [1.807, 2.05) is 30.3 Å². The normalized spacial score (nSPS) is 22.6. The molecule has 0 spiro atoms. The minimum atomic E-state index is -0.0251. The second-order valence-corrected chi connectivity index (χ2v) is 4.48. The minimum absolute atomic E-state index is 0.0251. The molecule has 1 N–H and O–H groups in total. The molecule has 2 atom stereocenters. The third-order valence-electron chi connectivity index (χ3n) is 3.46. The highest BCUT2D eigenvalue weighted by molar-refractivity contribution is 5.83. The van der Waals surface area contributed by atoms with E-state index in [1.54, 1.807) is 6.20 Å². The molecular weight excluding hydrogens is 214 g/mol. The van der Waals surface area contributed by atoms with Gasteiger partial charge in [0, 0.05) is 18.9 Å². The maximum absolute atomic E-state index is 12.2. The summed E-state index contributed by atoms with van der Waals surface area (Å²) in [5.74, 6) is 0.204. The van der Waals surface area contributed by atoms with Crippen LogP contribution in [0.15, 0.2) is 24.5 Å². The Balaban J connectivity index is 2.14. The van der Waals surface area contributed by atoms with Gasteiger partial charge in [-0.15, -0.1) is 0 Å². The quantitative estimate of drug-likeness (QED) is 0.857. The molecule has 1 amide bonds. The smallest absolute Gasteiger partial charge is 0.240 e. The third kappa shape index (κ3) is 2.47. The molecule has 0 bridgehead atoms. The van der Waals surface area contributed by atoms with Gasteiger partial charge in [-0.25, -0.2) is 0 Å². The molecule has 1 aromatic rings. The van der Waals surface area contributed by atoms with E-state index in [2.05, 4.69) is 17.2 Å². The lowest BCUT2D eigenvalue weighted by Crippen LogP contribution is -2.50. The molecule has 1 fully saturated rings. The van der Waals surface area contributed by atoms with Crippen LogP contribution in [0, 0.1) is 0 Å². The number of aromatic nitrogens is 1. The van der Waals surface area contributed by atoms with Crippen LogP contribution in [-0.4, -0.2) is 35.4 Å². The lowest BCUT2D eigenvalue weighted by Gasteiger charge is -2.36. The van der Waals surface area contributed by atoms with Gasteiger partial charge in [0.2, 0.25) is 5.91 Å². The van der Waals surface area contributed by atoms with Crippen molar-refractivity contribution >= 4 is 5.91 Å². The highest BCUT2D eigenvalue weighted by Crippen LogP contribution is 2.24. The standard InChI is InChI=1S/C13H19N3O/c1-10(11-5-3-7-15-9-11)16-8-4-6-12(14-2)13(16)17/h3,5,7,9-10,12,14H,4,6,8H2,1-2H3. The second kappa shape index (κ2) is 5.27. The van der Waals surface area contributed by atoms with Gasteiger partial charge in [0.1, 0.15) is 0 Å². The van der Waals surface area contributed by atoms with E-state index in [-0.39, 0.29) is 18.0 Å². The monoisotopic (exact) mass is 233 g/mol. The molecular formula is C13H19N3O. The van der Waals surface area contributed by atoms with E-state index in [1.165, 1.54) is 0 Å². The number of hydrogen-bond acceptors (Lipinski definition) is 3. The van der Waals surface area contributed by atoms with E-state index >= 15 is 0 Å². The molecule has 1 aliphatic heterocycles. The molecule has 0 aliphatic carbocycles. The van der Waals surface area contributed by atoms with Gasteiger partial charge < -0.3 is 10.2 Å². The molecule has 1 saturated heterocycles. The minimum Gasteiger partial charge on any atom is -0.335 e. The van der Waals surface area contributed by atoms with Gasteiger partial charge in [0.25, 0.3) is 0 Å². The molecule has 17 heavy (non-hydrogen) atoms. The Morgan fingerprint density at radius 2 is 2.41 bits per heavy atom. The van der Waals surface area contributed by atoms with Gasteiger partial charge in [0.15, 0.2) is 0 Å². The molecule has 0 saturated carbocycles. The zero-order valence-electron chi connectivity index (χ0n) is 10.4. The highest BCUT2D eigenvalue weighted by Gasteiger charge is 2.30. The van der Waals surface area contributed by atoms with Crippen molar-refractivity contribution in [1.82, 2.24) is 15.2 Å². The molecule has 0 aromatic carbocycles. The molecule has 2 rings (SSSR count). The summed E-state index contributed by atoms with van der Waals surface area (Å²) in [4.78, 5) is 18.3. The van der Waals surface area contributed by atoms with Crippen molar-refractivity contribution in [3.63, 3.8) is 0 Å². The van der Waals surface area contributed by atoms with Gasteiger partial charge in [0.05, 0.1) is 12.1 Å². The number of nitrogens with one attached hydrogen (secondary N) is 1. The number of pyridine rings is 1. The number of piperidine rings is 1. The van der Waals surface area contributed by atoms with Crippen LogP contribution >= 0.6 is 0 Å². The summed E-state index contributed by atoms with van der Waals surface area (Å²) in [6.07, 6.45) is 5.58. The number of likely N-dealkylation sites (tertiary alicyclic amines) is 1. The van der Waals surface area contributed by atoms with Gasteiger partial charge in [-0.2, -0.15) is 0 Å². The SMILES string of the molecule is CNC1CCCN(C(C)c2cccnc2)C1=O. The maximum Gasteiger partial charge on any atom is 0.240 e. The van der Waals surface area contributed by atoms with Crippen LogP contribution in [0.1, 0.15) is 31.4 Å². The summed E-state index contributed by atoms with van der Waals surface area (Å²) in [6, 6.07) is 4.01. The lowest BCUT2D eigenvalue weighted by molar-refractivity contribution is -0.138. The first-order valence-corrected chi connectivity index (χ1v) is 6.11. The predicted molar refractivity (Wildman–Crippen MR) is 66.4 cm³/mol. The fourth-order valence-electron chi connectivity index (χ4n) is 2.35. The van der Waals surface area contributed by atoms with Crippen LogP contribution in [0.3, 0.4) is 0 Å². The molecule has 2 heterocycles. The Bertz CT molecular complexity index is 380. The molecule has 0 radical (unpaired) electrons.